The second-order valence-electron chi connectivity index (χ2n) is 5.66. The molecule has 1 aliphatic heterocycles. The van der Waals surface area contributed by atoms with Crippen molar-refractivity contribution in [1.29, 1.82) is 0 Å². The minimum absolute atomic E-state index is 0.121. The Labute approximate surface area is 124 Å². The van der Waals surface area contributed by atoms with Gasteiger partial charge in [-0.05, 0) is 18.1 Å². The van der Waals surface area contributed by atoms with Crippen LogP contribution in [0, 0.1) is 0 Å². The number of Topliss-reactive ketones (excluding diaryl/α,β-unsaturated/α-hetero) is 1. The van der Waals surface area contributed by atoms with Crippen molar-refractivity contribution in [2.24, 2.45) is 0 Å². The second kappa shape index (κ2) is 5.43. The molecule has 0 spiro atoms. The van der Waals surface area contributed by atoms with Crippen molar-refractivity contribution < 1.29 is 9.90 Å². The topological polar surface area (TPSA) is 40.5 Å². The standard InChI is InChI=1S/C18H19NO2/c1-14-17(20)18(21,16-10-6-3-7-11-16)13-19(14)12-15-8-4-2-5-9-15/h2-11,14,21H,12-13H2,1H3. The van der Waals surface area contributed by atoms with Crippen molar-refractivity contribution >= 4 is 5.78 Å². The van der Waals surface area contributed by atoms with E-state index in [1.165, 1.54) is 0 Å². The monoisotopic (exact) mass is 281 g/mol. The molecule has 2 aromatic rings. The first-order chi connectivity index (χ1) is 10.1. The van der Waals surface area contributed by atoms with Gasteiger partial charge in [-0.25, -0.2) is 0 Å². The highest BCUT2D eigenvalue weighted by Crippen LogP contribution is 2.33. The van der Waals surface area contributed by atoms with Crippen LogP contribution < -0.4 is 0 Å². The van der Waals surface area contributed by atoms with Gasteiger partial charge < -0.3 is 5.11 Å². The van der Waals surface area contributed by atoms with Crippen LogP contribution in [0.15, 0.2) is 60.7 Å². The van der Waals surface area contributed by atoms with Crippen molar-refractivity contribution in [2.45, 2.75) is 25.1 Å². The molecular formula is C18H19NO2. The van der Waals surface area contributed by atoms with E-state index in [9.17, 15) is 9.90 Å². The first-order valence-electron chi connectivity index (χ1n) is 7.21. The Morgan fingerprint density at radius 1 is 1.10 bits per heavy atom. The highest BCUT2D eigenvalue weighted by Gasteiger charge is 2.49. The molecule has 1 saturated heterocycles. The summed E-state index contributed by atoms with van der Waals surface area (Å²) in [5.41, 5.74) is 0.432. The number of rotatable bonds is 3. The molecular weight excluding hydrogens is 262 g/mol. The lowest BCUT2D eigenvalue weighted by atomic mass is 9.90. The minimum atomic E-state index is -1.39. The van der Waals surface area contributed by atoms with Gasteiger partial charge >= 0.3 is 0 Å². The molecule has 1 N–H and O–H groups in total. The number of hydrogen-bond acceptors (Lipinski definition) is 3. The first kappa shape index (κ1) is 14.0. The van der Waals surface area contributed by atoms with Gasteiger partial charge in [-0.15, -0.1) is 0 Å². The molecule has 0 radical (unpaired) electrons. The van der Waals surface area contributed by atoms with Crippen molar-refractivity contribution in [3.63, 3.8) is 0 Å². The Kier molecular flexibility index (Phi) is 3.62. The lowest BCUT2D eigenvalue weighted by Crippen LogP contribution is -2.36. The Bertz CT molecular complexity index is 626. The molecule has 0 aromatic heterocycles. The van der Waals surface area contributed by atoms with E-state index in [4.69, 9.17) is 0 Å². The molecule has 2 atom stereocenters. The van der Waals surface area contributed by atoms with Crippen molar-refractivity contribution in [3.8, 4) is 0 Å². The number of likely N-dealkylation sites (tertiary alicyclic amines) is 1. The summed E-state index contributed by atoms with van der Waals surface area (Å²) in [5, 5.41) is 10.9. The third-order valence-electron chi connectivity index (χ3n) is 4.25. The number of benzene rings is 2. The van der Waals surface area contributed by atoms with E-state index in [0.717, 1.165) is 5.56 Å². The fourth-order valence-corrected chi connectivity index (χ4v) is 2.98. The summed E-state index contributed by atoms with van der Waals surface area (Å²) in [6, 6.07) is 19.0. The third-order valence-corrected chi connectivity index (χ3v) is 4.25. The van der Waals surface area contributed by atoms with Crippen LogP contribution in [-0.4, -0.2) is 28.4 Å². The number of carbonyl (C=O) groups is 1. The summed E-state index contributed by atoms with van der Waals surface area (Å²) in [4.78, 5) is 14.6. The van der Waals surface area contributed by atoms with Crippen LogP contribution in [0.5, 0.6) is 0 Å². The van der Waals surface area contributed by atoms with Crippen LogP contribution in [0.25, 0.3) is 0 Å². The molecule has 2 aromatic carbocycles. The van der Waals surface area contributed by atoms with Crippen LogP contribution in [0.3, 0.4) is 0 Å². The van der Waals surface area contributed by atoms with Crippen molar-refractivity contribution in [3.05, 3.63) is 71.8 Å². The van der Waals surface area contributed by atoms with Crippen molar-refractivity contribution in [1.82, 2.24) is 4.90 Å². The van der Waals surface area contributed by atoms with Gasteiger partial charge in [-0.3, -0.25) is 9.69 Å². The molecule has 1 aliphatic rings. The summed E-state index contributed by atoms with van der Waals surface area (Å²) in [7, 11) is 0. The zero-order valence-corrected chi connectivity index (χ0v) is 12.1. The third kappa shape index (κ3) is 2.50. The number of aliphatic hydroxyl groups is 1. The maximum Gasteiger partial charge on any atom is 0.186 e. The Morgan fingerprint density at radius 3 is 2.29 bits per heavy atom. The maximum absolute atomic E-state index is 12.5. The molecule has 108 valence electrons. The van der Waals surface area contributed by atoms with Crippen molar-refractivity contribution in [2.75, 3.05) is 6.54 Å². The predicted octanol–water partition coefficient (Wildman–Crippen LogP) is 2.35. The summed E-state index contributed by atoms with van der Waals surface area (Å²) >= 11 is 0. The summed E-state index contributed by atoms with van der Waals surface area (Å²) < 4.78 is 0. The molecule has 1 heterocycles. The minimum Gasteiger partial charge on any atom is -0.376 e. The fraction of sp³-hybridized carbons (Fsp3) is 0.278. The second-order valence-corrected chi connectivity index (χ2v) is 5.66. The highest BCUT2D eigenvalue weighted by molar-refractivity contribution is 5.94. The zero-order chi connectivity index (χ0) is 14.9. The normalized spacial score (nSPS) is 26.2. The van der Waals surface area contributed by atoms with Gasteiger partial charge in [-0.2, -0.15) is 0 Å². The molecule has 2 unspecified atom stereocenters. The predicted molar refractivity (Wildman–Crippen MR) is 81.7 cm³/mol. The number of nitrogens with zero attached hydrogens (tertiary/aromatic N) is 1. The average molecular weight is 281 g/mol. The Morgan fingerprint density at radius 2 is 1.67 bits per heavy atom. The zero-order valence-electron chi connectivity index (χ0n) is 12.1. The van der Waals surface area contributed by atoms with Gasteiger partial charge in [0, 0.05) is 13.1 Å². The van der Waals surface area contributed by atoms with Gasteiger partial charge in [0.1, 0.15) is 0 Å². The molecule has 21 heavy (non-hydrogen) atoms. The molecule has 0 amide bonds. The lowest BCUT2D eigenvalue weighted by Gasteiger charge is -2.22. The van der Waals surface area contributed by atoms with Crippen LogP contribution in [-0.2, 0) is 16.9 Å². The molecule has 3 rings (SSSR count). The molecule has 3 heteroatoms. The SMILES string of the molecule is CC1C(=O)C(O)(c2ccccc2)CN1Cc1ccccc1. The fourth-order valence-electron chi connectivity index (χ4n) is 2.98. The van der Waals surface area contributed by atoms with E-state index in [0.29, 0.717) is 18.7 Å². The molecule has 3 nitrogen and oxygen atoms in total. The van der Waals surface area contributed by atoms with Gasteiger partial charge in [0.05, 0.1) is 6.04 Å². The van der Waals surface area contributed by atoms with Crippen LogP contribution >= 0.6 is 0 Å². The molecule has 0 saturated carbocycles. The van der Waals surface area contributed by atoms with Gasteiger partial charge in [0.25, 0.3) is 0 Å². The maximum atomic E-state index is 12.5. The summed E-state index contributed by atoms with van der Waals surface area (Å²) in [6.45, 7) is 2.88. The smallest absolute Gasteiger partial charge is 0.186 e. The van der Waals surface area contributed by atoms with E-state index >= 15 is 0 Å². The highest BCUT2D eigenvalue weighted by atomic mass is 16.3. The van der Waals surface area contributed by atoms with Crippen LogP contribution in [0.2, 0.25) is 0 Å². The van der Waals surface area contributed by atoms with Crippen LogP contribution in [0.1, 0.15) is 18.1 Å². The average Bonchev–Trinajstić information content (AvgIpc) is 2.75. The quantitative estimate of drug-likeness (QED) is 0.939. The molecule has 0 aliphatic carbocycles. The van der Waals surface area contributed by atoms with Crippen LogP contribution in [0.4, 0.5) is 0 Å². The lowest BCUT2D eigenvalue weighted by molar-refractivity contribution is -0.134. The molecule has 0 bridgehead atoms. The molecule has 1 fully saturated rings. The van der Waals surface area contributed by atoms with E-state index in [1.807, 2.05) is 72.5 Å². The largest absolute Gasteiger partial charge is 0.376 e. The Hall–Kier alpha value is -1.97. The van der Waals surface area contributed by atoms with Gasteiger partial charge in [0.15, 0.2) is 11.4 Å². The number of carbonyl (C=O) groups excluding carboxylic acids is 1. The first-order valence-corrected chi connectivity index (χ1v) is 7.21. The van der Waals surface area contributed by atoms with E-state index < -0.39 is 5.60 Å². The summed E-state index contributed by atoms with van der Waals surface area (Å²) in [5.74, 6) is -0.121. The van der Waals surface area contributed by atoms with Gasteiger partial charge in [0.2, 0.25) is 0 Å². The number of β-amino-alcohol motifs (C(OH)–C–C–N with tert-alkyl or cyclic N) is 1. The van der Waals surface area contributed by atoms with Gasteiger partial charge in [-0.1, -0.05) is 60.7 Å². The number of ketones is 1. The summed E-state index contributed by atoms with van der Waals surface area (Å²) in [6.07, 6.45) is 0. The Balaban J connectivity index is 1.85. The van der Waals surface area contributed by atoms with E-state index in [-0.39, 0.29) is 11.8 Å². The van der Waals surface area contributed by atoms with E-state index in [2.05, 4.69) is 0 Å². The van der Waals surface area contributed by atoms with E-state index in [1.54, 1.807) is 0 Å². The number of hydrogen-bond donors (Lipinski definition) is 1.